The number of benzene rings is 2. The van der Waals surface area contributed by atoms with Crippen molar-refractivity contribution in [2.45, 2.75) is 32.2 Å². The van der Waals surface area contributed by atoms with E-state index < -0.39 is 5.97 Å². The van der Waals surface area contributed by atoms with Crippen LogP contribution in [0.25, 0.3) is 10.8 Å². The molecule has 0 spiro atoms. The molecule has 1 aliphatic heterocycles. The average molecular weight is 384 g/mol. The Morgan fingerprint density at radius 3 is 2.57 bits per heavy atom. The smallest absolute Gasteiger partial charge is 0.323 e. The van der Waals surface area contributed by atoms with Gasteiger partial charge in [-0.2, -0.15) is 0 Å². The third-order valence-electron chi connectivity index (χ3n) is 5.27. The van der Waals surface area contributed by atoms with Crippen LogP contribution in [0, 0.1) is 0 Å². The standard InChI is InChI=1S/C21H24N2O5/c1-14(24)23(13-19(25)26)16-6-4-11-22(12-10-16)21(28)18-9-8-15-5-2-3-7-17(15)20(18)27/h2-3,5,7-9,16,27H,4,6,10-13H2,1H3,(H,25,26). The second kappa shape index (κ2) is 8.29. The summed E-state index contributed by atoms with van der Waals surface area (Å²) in [5.41, 5.74) is 0.256. The molecule has 2 aromatic carbocycles. The summed E-state index contributed by atoms with van der Waals surface area (Å²) in [6.45, 7) is 1.93. The minimum Gasteiger partial charge on any atom is -0.506 e. The van der Waals surface area contributed by atoms with Crippen molar-refractivity contribution in [1.82, 2.24) is 9.80 Å². The van der Waals surface area contributed by atoms with Crippen LogP contribution in [0.3, 0.4) is 0 Å². The lowest BCUT2D eigenvalue weighted by molar-refractivity contribution is -0.145. The summed E-state index contributed by atoms with van der Waals surface area (Å²) in [5.74, 6) is -1.61. The number of hydrogen-bond acceptors (Lipinski definition) is 4. The molecular formula is C21H24N2O5. The number of carbonyl (C=O) groups excluding carboxylic acids is 2. The molecule has 0 bridgehead atoms. The van der Waals surface area contributed by atoms with Gasteiger partial charge in [-0.05, 0) is 30.7 Å². The number of aliphatic carboxylic acids is 1. The Hall–Kier alpha value is -3.09. The van der Waals surface area contributed by atoms with Gasteiger partial charge >= 0.3 is 5.97 Å². The SMILES string of the molecule is CC(=O)N(CC(=O)O)C1CCCN(C(=O)c2ccc3ccccc3c2O)CC1. The van der Waals surface area contributed by atoms with Crippen LogP contribution in [-0.2, 0) is 9.59 Å². The van der Waals surface area contributed by atoms with Crippen LogP contribution in [0.4, 0.5) is 0 Å². The molecule has 1 atom stereocenters. The summed E-state index contributed by atoms with van der Waals surface area (Å²) in [5, 5.41) is 21.1. The van der Waals surface area contributed by atoms with Gasteiger partial charge in [-0.3, -0.25) is 14.4 Å². The molecule has 0 radical (unpaired) electrons. The molecule has 2 aromatic rings. The number of amides is 2. The molecule has 1 aliphatic rings. The van der Waals surface area contributed by atoms with E-state index in [1.165, 1.54) is 11.8 Å². The van der Waals surface area contributed by atoms with Gasteiger partial charge in [0, 0.05) is 31.4 Å². The van der Waals surface area contributed by atoms with Gasteiger partial charge in [-0.1, -0.05) is 30.3 Å². The van der Waals surface area contributed by atoms with Gasteiger partial charge in [0.2, 0.25) is 5.91 Å². The van der Waals surface area contributed by atoms with E-state index in [-0.39, 0.29) is 35.7 Å². The maximum Gasteiger partial charge on any atom is 0.323 e. The van der Waals surface area contributed by atoms with Crippen LogP contribution in [0.5, 0.6) is 5.75 Å². The number of nitrogens with zero attached hydrogens (tertiary/aromatic N) is 2. The highest BCUT2D eigenvalue weighted by molar-refractivity contribution is 6.03. The van der Waals surface area contributed by atoms with Crippen LogP contribution in [0.1, 0.15) is 36.5 Å². The Morgan fingerprint density at radius 2 is 1.86 bits per heavy atom. The van der Waals surface area contributed by atoms with E-state index >= 15 is 0 Å². The Balaban J connectivity index is 1.77. The number of phenols is 1. The van der Waals surface area contributed by atoms with Gasteiger partial charge in [0.1, 0.15) is 12.3 Å². The van der Waals surface area contributed by atoms with Crippen molar-refractivity contribution in [2.24, 2.45) is 0 Å². The first-order valence-electron chi connectivity index (χ1n) is 9.37. The fourth-order valence-corrected chi connectivity index (χ4v) is 3.83. The lowest BCUT2D eigenvalue weighted by Gasteiger charge is -2.29. The fraction of sp³-hybridized carbons (Fsp3) is 0.381. The van der Waals surface area contributed by atoms with Crippen molar-refractivity contribution in [3.63, 3.8) is 0 Å². The summed E-state index contributed by atoms with van der Waals surface area (Å²) in [6.07, 6.45) is 1.81. The fourth-order valence-electron chi connectivity index (χ4n) is 3.83. The first-order chi connectivity index (χ1) is 13.4. The van der Waals surface area contributed by atoms with Crippen molar-refractivity contribution in [3.8, 4) is 5.75 Å². The first kappa shape index (κ1) is 19.7. The Kier molecular flexibility index (Phi) is 5.82. The summed E-state index contributed by atoms with van der Waals surface area (Å²) >= 11 is 0. The summed E-state index contributed by atoms with van der Waals surface area (Å²) in [4.78, 5) is 38.9. The molecule has 148 valence electrons. The van der Waals surface area contributed by atoms with Crippen LogP contribution >= 0.6 is 0 Å². The number of aromatic hydroxyl groups is 1. The van der Waals surface area contributed by atoms with Gasteiger partial charge in [-0.25, -0.2) is 0 Å². The van der Waals surface area contributed by atoms with Crippen molar-refractivity contribution < 1.29 is 24.6 Å². The molecule has 2 N–H and O–H groups in total. The van der Waals surface area contributed by atoms with E-state index in [0.717, 1.165) is 5.39 Å². The Labute approximate surface area is 163 Å². The zero-order valence-corrected chi connectivity index (χ0v) is 15.8. The van der Waals surface area contributed by atoms with Crippen LogP contribution in [0.2, 0.25) is 0 Å². The molecule has 7 heteroatoms. The zero-order chi connectivity index (χ0) is 20.3. The maximum absolute atomic E-state index is 13.0. The van der Waals surface area contributed by atoms with Crippen molar-refractivity contribution >= 4 is 28.6 Å². The lowest BCUT2D eigenvalue weighted by Crippen LogP contribution is -2.43. The van der Waals surface area contributed by atoms with E-state index in [2.05, 4.69) is 0 Å². The molecule has 1 unspecified atom stereocenters. The summed E-state index contributed by atoms with van der Waals surface area (Å²) in [7, 11) is 0. The predicted octanol–water partition coefficient (Wildman–Crippen LogP) is 2.47. The third-order valence-corrected chi connectivity index (χ3v) is 5.27. The second-order valence-electron chi connectivity index (χ2n) is 7.10. The van der Waals surface area contributed by atoms with E-state index in [4.69, 9.17) is 5.11 Å². The minimum absolute atomic E-state index is 0.0277. The van der Waals surface area contributed by atoms with Crippen LogP contribution in [-0.4, -0.2) is 63.5 Å². The molecular weight excluding hydrogens is 360 g/mol. The van der Waals surface area contributed by atoms with Gasteiger partial charge < -0.3 is 20.0 Å². The third kappa shape index (κ3) is 4.08. The number of phenolic OH excluding ortho intramolecular Hbond substituents is 1. The number of carboxylic acid groups (broad SMARTS) is 1. The van der Waals surface area contributed by atoms with E-state index in [1.807, 2.05) is 24.3 Å². The lowest BCUT2D eigenvalue weighted by atomic mass is 10.0. The molecule has 7 nitrogen and oxygen atoms in total. The van der Waals surface area contributed by atoms with Gasteiger partial charge in [0.25, 0.3) is 5.91 Å². The molecule has 1 heterocycles. The highest BCUT2D eigenvalue weighted by atomic mass is 16.4. The largest absolute Gasteiger partial charge is 0.506 e. The predicted molar refractivity (Wildman–Crippen MR) is 104 cm³/mol. The molecule has 1 fully saturated rings. The molecule has 2 amide bonds. The number of fused-ring (bicyclic) bond motifs is 1. The quantitative estimate of drug-likeness (QED) is 0.844. The minimum atomic E-state index is -1.05. The topological polar surface area (TPSA) is 98.2 Å². The van der Waals surface area contributed by atoms with Crippen molar-refractivity contribution in [3.05, 3.63) is 42.0 Å². The van der Waals surface area contributed by atoms with Gasteiger partial charge in [0.15, 0.2) is 0 Å². The highest BCUT2D eigenvalue weighted by Crippen LogP contribution is 2.30. The van der Waals surface area contributed by atoms with Crippen molar-refractivity contribution in [1.29, 1.82) is 0 Å². The van der Waals surface area contributed by atoms with E-state index in [1.54, 1.807) is 17.0 Å². The highest BCUT2D eigenvalue weighted by Gasteiger charge is 2.28. The first-order valence-corrected chi connectivity index (χ1v) is 9.37. The molecule has 0 aliphatic carbocycles. The zero-order valence-electron chi connectivity index (χ0n) is 15.8. The number of rotatable bonds is 4. The normalized spacial score (nSPS) is 17.2. The van der Waals surface area contributed by atoms with E-state index in [9.17, 15) is 19.5 Å². The number of likely N-dealkylation sites (tertiary alicyclic amines) is 1. The van der Waals surface area contributed by atoms with Crippen LogP contribution < -0.4 is 0 Å². The monoisotopic (exact) mass is 384 g/mol. The molecule has 3 rings (SSSR count). The van der Waals surface area contributed by atoms with Crippen LogP contribution in [0.15, 0.2) is 36.4 Å². The van der Waals surface area contributed by atoms with E-state index in [0.29, 0.717) is 37.7 Å². The average Bonchev–Trinajstić information content (AvgIpc) is 2.92. The molecule has 28 heavy (non-hydrogen) atoms. The number of carbonyl (C=O) groups is 3. The Morgan fingerprint density at radius 1 is 1.11 bits per heavy atom. The van der Waals surface area contributed by atoms with Gasteiger partial charge in [0.05, 0.1) is 5.56 Å². The molecule has 1 saturated heterocycles. The van der Waals surface area contributed by atoms with Crippen molar-refractivity contribution in [2.75, 3.05) is 19.6 Å². The van der Waals surface area contributed by atoms with Gasteiger partial charge in [-0.15, -0.1) is 0 Å². The summed E-state index contributed by atoms with van der Waals surface area (Å²) in [6, 6.07) is 10.6. The second-order valence-corrected chi connectivity index (χ2v) is 7.10. The molecule has 0 saturated carbocycles. The molecule has 0 aromatic heterocycles. The number of carboxylic acids is 1. The maximum atomic E-state index is 13.0. The Bertz CT molecular complexity index is 911. The number of hydrogen-bond donors (Lipinski definition) is 2. The summed E-state index contributed by atoms with van der Waals surface area (Å²) < 4.78 is 0.